The third kappa shape index (κ3) is 14.7. The summed E-state index contributed by atoms with van der Waals surface area (Å²) in [7, 11) is 0. The third-order valence-corrected chi connectivity index (χ3v) is 4.48. The molecule has 15 heavy (non-hydrogen) atoms. The first-order valence-corrected chi connectivity index (χ1v) is 8.35. The minimum atomic E-state index is -0.195. The first kappa shape index (κ1) is 15.7. The highest BCUT2D eigenvalue weighted by Crippen LogP contribution is 2.13. The van der Waals surface area contributed by atoms with E-state index in [-0.39, 0.29) is 5.44 Å². The Hall–Kier alpha value is 0.660. The van der Waals surface area contributed by atoms with Gasteiger partial charge in [-0.3, -0.25) is 0 Å². The zero-order valence-electron chi connectivity index (χ0n) is 10.2. The lowest BCUT2D eigenvalue weighted by Crippen LogP contribution is -1.96. The molecule has 0 aliphatic heterocycles. The Morgan fingerprint density at radius 2 is 1.60 bits per heavy atom. The number of aliphatic hydroxyl groups is 1. The molecule has 1 unspecified atom stereocenters. The van der Waals surface area contributed by atoms with E-state index < -0.39 is 0 Å². The molecule has 0 fully saturated rings. The molecular weight excluding hydrogens is 224 g/mol. The Kier molecular flexibility index (Phi) is 13.3. The van der Waals surface area contributed by atoms with Crippen LogP contribution < -0.4 is 0 Å². The molecule has 0 aromatic heterocycles. The molecule has 0 saturated carbocycles. The van der Waals surface area contributed by atoms with Crippen LogP contribution in [0.15, 0.2) is 0 Å². The molecule has 92 valence electrons. The van der Waals surface area contributed by atoms with Crippen molar-refractivity contribution in [2.24, 2.45) is 0 Å². The number of hydrogen-bond acceptors (Lipinski definition) is 3. The second kappa shape index (κ2) is 12.7. The van der Waals surface area contributed by atoms with Gasteiger partial charge in [0.05, 0.1) is 5.44 Å². The molecule has 0 aliphatic rings. The standard InChI is InChI=1S/C12H26OS2/c1-3-4-5-6-7-8-9-14-10-11-15-12(2)13/h12-13H,3-11H2,1-2H3. The van der Waals surface area contributed by atoms with Crippen LogP contribution in [0.25, 0.3) is 0 Å². The Morgan fingerprint density at radius 3 is 2.27 bits per heavy atom. The fourth-order valence-corrected chi connectivity index (χ4v) is 3.17. The number of aliphatic hydroxyl groups excluding tert-OH is 1. The van der Waals surface area contributed by atoms with Crippen LogP contribution in [0.1, 0.15) is 52.4 Å². The third-order valence-electron chi connectivity index (χ3n) is 2.23. The molecule has 0 aliphatic carbocycles. The van der Waals surface area contributed by atoms with Gasteiger partial charge in [0.2, 0.25) is 0 Å². The lowest BCUT2D eigenvalue weighted by atomic mass is 10.1. The molecule has 0 radical (unpaired) electrons. The molecule has 0 bridgehead atoms. The van der Waals surface area contributed by atoms with Gasteiger partial charge >= 0.3 is 0 Å². The van der Waals surface area contributed by atoms with Crippen LogP contribution in [-0.4, -0.2) is 27.8 Å². The number of unbranched alkanes of at least 4 members (excludes halogenated alkanes) is 5. The number of thioether (sulfide) groups is 2. The summed E-state index contributed by atoms with van der Waals surface area (Å²) in [5.41, 5.74) is -0.195. The van der Waals surface area contributed by atoms with Crippen molar-refractivity contribution in [3.63, 3.8) is 0 Å². The molecule has 0 saturated heterocycles. The highest BCUT2D eigenvalue weighted by molar-refractivity contribution is 8.03. The van der Waals surface area contributed by atoms with E-state index in [0.717, 1.165) is 5.75 Å². The summed E-state index contributed by atoms with van der Waals surface area (Å²) < 4.78 is 0. The van der Waals surface area contributed by atoms with Gasteiger partial charge in [-0.05, 0) is 19.1 Å². The lowest BCUT2D eigenvalue weighted by Gasteiger charge is -2.04. The van der Waals surface area contributed by atoms with Crippen LogP contribution in [-0.2, 0) is 0 Å². The molecule has 0 amide bonds. The molecule has 0 aromatic rings. The summed E-state index contributed by atoms with van der Waals surface area (Å²) >= 11 is 3.67. The average Bonchev–Trinajstić information content (AvgIpc) is 2.20. The van der Waals surface area contributed by atoms with Gasteiger partial charge in [-0.2, -0.15) is 11.8 Å². The van der Waals surface area contributed by atoms with Gasteiger partial charge in [0.25, 0.3) is 0 Å². The summed E-state index contributed by atoms with van der Waals surface area (Å²) in [5.74, 6) is 3.56. The first-order chi connectivity index (χ1) is 7.27. The normalized spacial score (nSPS) is 13.0. The maximum Gasteiger partial charge on any atom is 0.0964 e. The summed E-state index contributed by atoms with van der Waals surface area (Å²) in [6.45, 7) is 4.10. The Morgan fingerprint density at radius 1 is 0.933 bits per heavy atom. The van der Waals surface area contributed by atoms with Crippen molar-refractivity contribution < 1.29 is 5.11 Å². The zero-order valence-corrected chi connectivity index (χ0v) is 11.8. The van der Waals surface area contributed by atoms with Crippen molar-refractivity contribution in [1.82, 2.24) is 0 Å². The Bertz CT molecular complexity index is 118. The fourth-order valence-electron chi connectivity index (χ4n) is 1.36. The molecule has 3 heteroatoms. The van der Waals surface area contributed by atoms with Gasteiger partial charge in [0, 0.05) is 11.5 Å². The smallest absolute Gasteiger partial charge is 0.0964 e. The van der Waals surface area contributed by atoms with Crippen LogP contribution in [0.2, 0.25) is 0 Å². The average molecular weight is 250 g/mol. The van der Waals surface area contributed by atoms with Crippen LogP contribution >= 0.6 is 23.5 Å². The minimum absolute atomic E-state index is 0.195. The number of rotatable bonds is 11. The fraction of sp³-hybridized carbons (Fsp3) is 1.00. The van der Waals surface area contributed by atoms with Crippen molar-refractivity contribution in [2.45, 2.75) is 57.8 Å². The Balaban J connectivity index is 2.87. The molecule has 0 aromatic carbocycles. The van der Waals surface area contributed by atoms with Gasteiger partial charge in [-0.25, -0.2) is 0 Å². The lowest BCUT2D eigenvalue weighted by molar-refractivity contribution is 0.284. The monoisotopic (exact) mass is 250 g/mol. The maximum atomic E-state index is 9.03. The predicted molar refractivity (Wildman–Crippen MR) is 74.8 cm³/mol. The first-order valence-electron chi connectivity index (χ1n) is 6.14. The van der Waals surface area contributed by atoms with E-state index in [1.807, 2.05) is 18.7 Å². The molecule has 1 N–H and O–H groups in total. The van der Waals surface area contributed by atoms with Gasteiger partial charge in [0.1, 0.15) is 0 Å². The SMILES string of the molecule is CCCCCCCCSCCSC(C)O. The van der Waals surface area contributed by atoms with E-state index in [1.165, 1.54) is 50.0 Å². The molecule has 1 nitrogen and oxygen atoms in total. The maximum absolute atomic E-state index is 9.03. The van der Waals surface area contributed by atoms with Crippen molar-refractivity contribution in [3.05, 3.63) is 0 Å². The van der Waals surface area contributed by atoms with Crippen LogP contribution in [0.4, 0.5) is 0 Å². The molecule has 1 atom stereocenters. The second-order valence-corrected chi connectivity index (χ2v) is 6.50. The Labute approximate surface area is 104 Å². The number of hydrogen-bond donors (Lipinski definition) is 1. The van der Waals surface area contributed by atoms with E-state index in [0.29, 0.717) is 0 Å². The summed E-state index contributed by atoms with van der Waals surface area (Å²) in [6, 6.07) is 0. The zero-order chi connectivity index (χ0) is 11.4. The minimum Gasteiger partial charge on any atom is -0.383 e. The van der Waals surface area contributed by atoms with E-state index in [2.05, 4.69) is 6.92 Å². The molecular formula is C12H26OS2. The molecule has 0 spiro atoms. The van der Waals surface area contributed by atoms with Gasteiger partial charge in [-0.15, -0.1) is 11.8 Å². The van der Waals surface area contributed by atoms with Crippen LogP contribution in [0.5, 0.6) is 0 Å². The summed E-state index contributed by atoms with van der Waals surface area (Å²) in [4.78, 5) is 0. The summed E-state index contributed by atoms with van der Waals surface area (Å²) in [6.07, 6.45) is 8.34. The van der Waals surface area contributed by atoms with Crippen molar-refractivity contribution in [2.75, 3.05) is 17.3 Å². The highest BCUT2D eigenvalue weighted by Gasteiger charge is 1.95. The molecule has 0 rings (SSSR count). The predicted octanol–water partition coefficient (Wildman–Crippen LogP) is 4.15. The highest BCUT2D eigenvalue weighted by atomic mass is 32.2. The van der Waals surface area contributed by atoms with E-state index in [9.17, 15) is 0 Å². The van der Waals surface area contributed by atoms with Crippen molar-refractivity contribution in [3.8, 4) is 0 Å². The van der Waals surface area contributed by atoms with Crippen molar-refractivity contribution in [1.29, 1.82) is 0 Å². The van der Waals surface area contributed by atoms with Crippen LogP contribution in [0, 0.1) is 0 Å². The van der Waals surface area contributed by atoms with Crippen molar-refractivity contribution >= 4 is 23.5 Å². The topological polar surface area (TPSA) is 20.2 Å². The van der Waals surface area contributed by atoms with E-state index >= 15 is 0 Å². The quantitative estimate of drug-likeness (QED) is 0.439. The van der Waals surface area contributed by atoms with Crippen LogP contribution in [0.3, 0.4) is 0 Å². The van der Waals surface area contributed by atoms with Gasteiger partial charge in [-0.1, -0.05) is 39.0 Å². The summed E-state index contributed by atoms with van der Waals surface area (Å²) in [5, 5.41) is 9.03. The van der Waals surface area contributed by atoms with E-state index in [4.69, 9.17) is 5.11 Å². The molecule has 0 heterocycles. The second-order valence-electron chi connectivity index (χ2n) is 3.85. The van der Waals surface area contributed by atoms with Gasteiger partial charge < -0.3 is 5.11 Å². The van der Waals surface area contributed by atoms with E-state index in [1.54, 1.807) is 11.8 Å². The van der Waals surface area contributed by atoms with Gasteiger partial charge in [0.15, 0.2) is 0 Å². The largest absolute Gasteiger partial charge is 0.383 e.